The summed E-state index contributed by atoms with van der Waals surface area (Å²) in [5, 5.41) is 0. The first kappa shape index (κ1) is 15.3. The molecule has 5 heteroatoms. The average molecular weight is 323 g/mol. The average Bonchev–Trinajstić information content (AvgIpc) is 3.47. The van der Waals surface area contributed by atoms with Gasteiger partial charge in [-0.05, 0) is 31.2 Å². The van der Waals surface area contributed by atoms with Crippen molar-refractivity contribution in [2.24, 2.45) is 5.92 Å². The van der Waals surface area contributed by atoms with Gasteiger partial charge in [0.05, 0.1) is 24.5 Å². The third-order valence-electron chi connectivity index (χ3n) is 4.73. The predicted molar refractivity (Wildman–Crippen MR) is 89.5 cm³/mol. The molecule has 0 radical (unpaired) electrons. The number of morpholine rings is 1. The fourth-order valence-electron chi connectivity index (χ4n) is 3.20. The number of hydrogen-bond donors (Lipinski definition) is 0. The van der Waals surface area contributed by atoms with Gasteiger partial charge in [0.15, 0.2) is 0 Å². The Labute approximate surface area is 141 Å². The molecular formula is C19H21N3O2. The molecule has 2 atom stereocenters. The monoisotopic (exact) mass is 323 g/mol. The summed E-state index contributed by atoms with van der Waals surface area (Å²) in [6.07, 6.45) is 5.63. The Balaban J connectivity index is 1.57. The smallest absolute Gasteiger partial charge is 0.274 e. The van der Waals surface area contributed by atoms with Gasteiger partial charge in [0.2, 0.25) is 0 Å². The van der Waals surface area contributed by atoms with Crippen LogP contribution in [0.5, 0.6) is 0 Å². The summed E-state index contributed by atoms with van der Waals surface area (Å²) in [7, 11) is 0. The number of ether oxygens (including phenoxy) is 1. The van der Waals surface area contributed by atoms with E-state index in [9.17, 15) is 4.79 Å². The fraction of sp³-hybridized carbons (Fsp3) is 0.421. The van der Waals surface area contributed by atoms with Crippen molar-refractivity contribution in [1.82, 2.24) is 14.9 Å². The van der Waals surface area contributed by atoms with Crippen molar-refractivity contribution in [3.8, 4) is 0 Å². The van der Waals surface area contributed by atoms with Crippen LogP contribution >= 0.6 is 0 Å². The molecule has 2 fully saturated rings. The maximum atomic E-state index is 12.8. The molecular weight excluding hydrogens is 302 g/mol. The standard InChI is InChI=1S/C19H21N3O2/c1-13-9-21-16(10-20-13)19(23)22-11-17(14-5-3-2-4-6-14)24-18(12-22)15-7-8-15/h2-6,9-10,15,17-18H,7-8,11-12H2,1H3. The van der Waals surface area contributed by atoms with Crippen molar-refractivity contribution in [1.29, 1.82) is 0 Å². The molecule has 1 aliphatic carbocycles. The van der Waals surface area contributed by atoms with Gasteiger partial charge in [-0.1, -0.05) is 30.3 Å². The van der Waals surface area contributed by atoms with E-state index in [0.29, 0.717) is 24.7 Å². The minimum absolute atomic E-state index is 0.0580. The van der Waals surface area contributed by atoms with E-state index in [1.807, 2.05) is 30.0 Å². The lowest BCUT2D eigenvalue weighted by Gasteiger charge is -2.38. The zero-order valence-electron chi connectivity index (χ0n) is 13.8. The zero-order valence-corrected chi connectivity index (χ0v) is 13.8. The van der Waals surface area contributed by atoms with Crippen LogP contribution in [0.3, 0.4) is 0 Å². The minimum atomic E-state index is -0.0760. The lowest BCUT2D eigenvalue weighted by atomic mass is 10.0. The molecule has 1 aromatic heterocycles. The van der Waals surface area contributed by atoms with Crippen LogP contribution < -0.4 is 0 Å². The van der Waals surface area contributed by atoms with E-state index in [1.54, 1.807) is 12.4 Å². The van der Waals surface area contributed by atoms with Gasteiger partial charge in [0.25, 0.3) is 5.91 Å². The number of carbonyl (C=O) groups excluding carboxylic acids is 1. The van der Waals surface area contributed by atoms with Gasteiger partial charge in [0.1, 0.15) is 11.8 Å². The van der Waals surface area contributed by atoms with E-state index >= 15 is 0 Å². The summed E-state index contributed by atoms with van der Waals surface area (Å²) >= 11 is 0. The van der Waals surface area contributed by atoms with Crippen molar-refractivity contribution in [2.75, 3.05) is 13.1 Å². The summed E-state index contributed by atoms with van der Waals surface area (Å²) in [5.74, 6) is 0.522. The van der Waals surface area contributed by atoms with Gasteiger partial charge in [-0.3, -0.25) is 9.78 Å². The first-order chi connectivity index (χ1) is 11.7. The Morgan fingerprint density at radius 3 is 2.58 bits per heavy atom. The molecule has 2 unspecified atom stereocenters. The molecule has 0 spiro atoms. The van der Waals surface area contributed by atoms with E-state index in [4.69, 9.17) is 4.74 Å². The number of nitrogens with zero attached hydrogens (tertiary/aromatic N) is 3. The third kappa shape index (κ3) is 3.17. The van der Waals surface area contributed by atoms with Crippen LogP contribution in [-0.2, 0) is 4.74 Å². The van der Waals surface area contributed by atoms with Crippen molar-refractivity contribution >= 4 is 5.91 Å². The quantitative estimate of drug-likeness (QED) is 0.871. The first-order valence-corrected chi connectivity index (χ1v) is 8.49. The molecule has 5 nitrogen and oxygen atoms in total. The molecule has 2 heterocycles. The fourth-order valence-corrected chi connectivity index (χ4v) is 3.20. The number of amides is 1. The SMILES string of the molecule is Cc1cnc(C(=O)N2CC(c3ccccc3)OC(C3CC3)C2)cn1. The summed E-state index contributed by atoms with van der Waals surface area (Å²) in [4.78, 5) is 23.2. The van der Waals surface area contributed by atoms with Gasteiger partial charge in [-0.15, -0.1) is 0 Å². The van der Waals surface area contributed by atoms with Gasteiger partial charge in [-0.25, -0.2) is 4.98 Å². The van der Waals surface area contributed by atoms with Crippen LogP contribution in [0.1, 0.15) is 40.7 Å². The van der Waals surface area contributed by atoms with E-state index < -0.39 is 0 Å². The summed E-state index contributed by atoms with van der Waals surface area (Å²) < 4.78 is 6.30. The molecule has 0 N–H and O–H groups in total. The predicted octanol–water partition coefficient (Wildman–Crippen LogP) is 2.78. The Bertz CT molecular complexity index is 713. The van der Waals surface area contributed by atoms with Gasteiger partial charge in [0, 0.05) is 12.7 Å². The van der Waals surface area contributed by atoms with E-state index in [-0.39, 0.29) is 18.1 Å². The second kappa shape index (κ2) is 6.32. The molecule has 1 aromatic carbocycles. The van der Waals surface area contributed by atoms with E-state index in [0.717, 1.165) is 11.3 Å². The van der Waals surface area contributed by atoms with Crippen molar-refractivity contribution in [2.45, 2.75) is 32.0 Å². The lowest BCUT2D eigenvalue weighted by molar-refractivity contribution is -0.0865. The molecule has 1 aliphatic heterocycles. The van der Waals surface area contributed by atoms with Crippen LogP contribution in [0.4, 0.5) is 0 Å². The number of aromatic nitrogens is 2. The third-order valence-corrected chi connectivity index (χ3v) is 4.73. The molecule has 1 amide bonds. The van der Waals surface area contributed by atoms with Crippen LogP contribution in [0.25, 0.3) is 0 Å². The van der Waals surface area contributed by atoms with Gasteiger partial charge < -0.3 is 9.64 Å². The van der Waals surface area contributed by atoms with Crippen molar-refractivity contribution in [3.63, 3.8) is 0 Å². The first-order valence-electron chi connectivity index (χ1n) is 8.49. The molecule has 1 saturated carbocycles. The highest BCUT2D eigenvalue weighted by atomic mass is 16.5. The maximum Gasteiger partial charge on any atom is 0.274 e. The highest BCUT2D eigenvalue weighted by Gasteiger charge is 2.40. The second-order valence-corrected chi connectivity index (χ2v) is 6.66. The zero-order chi connectivity index (χ0) is 16.5. The summed E-state index contributed by atoms with van der Waals surface area (Å²) in [6, 6.07) is 10.1. The van der Waals surface area contributed by atoms with Crippen molar-refractivity contribution in [3.05, 3.63) is 59.7 Å². The van der Waals surface area contributed by atoms with Crippen LogP contribution in [-0.4, -0.2) is 40.0 Å². The number of carbonyl (C=O) groups is 1. The van der Waals surface area contributed by atoms with Crippen LogP contribution in [0, 0.1) is 12.8 Å². The molecule has 2 aromatic rings. The van der Waals surface area contributed by atoms with Crippen LogP contribution in [0.15, 0.2) is 42.7 Å². The van der Waals surface area contributed by atoms with Crippen LogP contribution in [0.2, 0.25) is 0 Å². The largest absolute Gasteiger partial charge is 0.366 e. The lowest BCUT2D eigenvalue weighted by Crippen LogP contribution is -2.48. The van der Waals surface area contributed by atoms with Gasteiger partial charge >= 0.3 is 0 Å². The number of rotatable bonds is 3. The number of benzene rings is 1. The molecule has 2 aliphatic rings. The normalized spacial score (nSPS) is 24.0. The Kier molecular flexibility index (Phi) is 4.02. The van der Waals surface area contributed by atoms with E-state index in [2.05, 4.69) is 22.1 Å². The topological polar surface area (TPSA) is 55.3 Å². The Morgan fingerprint density at radius 1 is 1.12 bits per heavy atom. The molecule has 124 valence electrons. The Hall–Kier alpha value is -2.27. The van der Waals surface area contributed by atoms with Gasteiger partial charge in [-0.2, -0.15) is 0 Å². The summed E-state index contributed by atoms with van der Waals surface area (Å²) in [6.45, 7) is 3.06. The molecule has 0 bridgehead atoms. The Morgan fingerprint density at radius 2 is 1.92 bits per heavy atom. The molecule has 1 saturated heterocycles. The van der Waals surface area contributed by atoms with Crippen molar-refractivity contribution < 1.29 is 9.53 Å². The summed E-state index contributed by atoms with van der Waals surface area (Å²) in [5.41, 5.74) is 2.34. The molecule has 24 heavy (non-hydrogen) atoms. The maximum absolute atomic E-state index is 12.8. The number of hydrogen-bond acceptors (Lipinski definition) is 4. The second-order valence-electron chi connectivity index (χ2n) is 6.66. The molecule has 4 rings (SSSR count). The minimum Gasteiger partial charge on any atom is -0.366 e. The number of aryl methyl sites for hydroxylation is 1. The highest BCUT2D eigenvalue weighted by Crippen LogP contribution is 2.39. The van der Waals surface area contributed by atoms with E-state index in [1.165, 1.54) is 12.8 Å². The highest BCUT2D eigenvalue weighted by molar-refractivity contribution is 5.92.